The molecule has 0 saturated carbocycles. The minimum Gasteiger partial charge on any atom is -0.472 e. The third kappa shape index (κ3) is 3.90. The summed E-state index contributed by atoms with van der Waals surface area (Å²) in [7, 11) is 1.88. The van der Waals surface area contributed by atoms with Crippen molar-refractivity contribution in [3.05, 3.63) is 29.2 Å². The van der Waals surface area contributed by atoms with Gasteiger partial charge in [0.25, 0.3) is 0 Å². The summed E-state index contributed by atoms with van der Waals surface area (Å²) < 4.78 is 10.6. The number of carbonyl (C=O) groups excluding carboxylic acids is 1. The Morgan fingerprint density at radius 1 is 1.55 bits per heavy atom. The standard InChI is InChI=1S/C14H18N4O3S/c1-18(7-10-4-6-20-9-10)8-12(19)15-14-17-16-13(22-14)11-3-2-5-21-11/h4,6,9,11H,2-3,5,7-8H2,1H3,(H,15,17,19). The number of nitrogens with one attached hydrogen (secondary N) is 1. The first-order chi connectivity index (χ1) is 10.7. The van der Waals surface area contributed by atoms with Gasteiger partial charge >= 0.3 is 0 Å². The van der Waals surface area contributed by atoms with Gasteiger partial charge in [0.2, 0.25) is 11.0 Å². The monoisotopic (exact) mass is 322 g/mol. The summed E-state index contributed by atoms with van der Waals surface area (Å²) in [6.07, 6.45) is 5.34. The zero-order chi connectivity index (χ0) is 15.4. The molecule has 1 N–H and O–H groups in total. The molecule has 2 aromatic heterocycles. The van der Waals surface area contributed by atoms with E-state index in [1.54, 1.807) is 12.5 Å². The molecule has 0 aliphatic carbocycles. The summed E-state index contributed by atoms with van der Waals surface area (Å²) in [6, 6.07) is 1.88. The summed E-state index contributed by atoms with van der Waals surface area (Å²) in [5.41, 5.74) is 1.03. The number of nitrogens with zero attached hydrogens (tertiary/aromatic N) is 3. The van der Waals surface area contributed by atoms with E-state index >= 15 is 0 Å². The largest absolute Gasteiger partial charge is 0.472 e. The van der Waals surface area contributed by atoms with Crippen molar-refractivity contribution in [3.63, 3.8) is 0 Å². The first-order valence-electron chi connectivity index (χ1n) is 7.15. The second-order valence-electron chi connectivity index (χ2n) is 5.30. The van der Waals surface area contributed by atoms with Gasteiger partial charge in [0.1, 0.15) is 11.1 Å². The molecule has 3 rings (SSSR count). The number of aromatic nitrogens is 2. The molecule has 1 amide bonds. The predicted molar refractivity (Wildman–Crippen MR) is 81.5 cm³/mol. The van der Waals surface area contributed by atoms with E-state index in [0.29, 0.717) is 11.7 Å². The molecule has 1 aliphatic heterocycles. The Hall–Kier alpha value is -1.77. The molecule has 0 aromatic carbocycles. The Morgan fingerprint density at radius 2 is 2.45 bits per heavy atom. The molecular weight excluding hydrogens is 304 g/mol. The van der Waals surface area contributed by atoms with Crippen molar-refractivity contribution in [2.45, 2.75) is 25.5 Å². The van der Waals surface area contributed by atoms with Crippen LogP contribution in [0.5, 0.6) is 0 Å². The third-order valence-corrected chi connectivity index (χ3v) is 4.27. The van der Waals surface area contributed by atoms with E-state index in [9.17, 15) is 4.79 Å². The quantitative estimate of drug-likeness (QED) is 0.877. The number of hydrogen-bond acceptors (Lipinski definition) is 7. The zero-order valence-electron chi connectivity index (χ0n) is 12.3. The number of anilines is 1. The van der Waals surface area contributed by atoms with Crippen molar-refractivity contribution in [3.8, 4) is 0 Å². The van der Waals surface area contributed by atoms with Crippen LogP contribution in [0, 0.1) is 0 Å². The number of carbonyl (C=O) groups is 1. The minimum absolute atomic E-state index is 0.0342. The molecule has 8 heteroatoms. The molecule has 1 aliphatic rings. The lowest BCUT2D eigenvalue weighted by Gasteiger charge is -2.14. The van der Waals surface area contributed by atoms with Gasteiger partial charge in [-0.3, -0.25) is 15.0 Å². The number of furan rings is 1. The number of ether oxygens (including phenoxy) is 1. The van der Waals surface area contributed by atoms with Gasteiger partial charge in [-0.2, -0.15) is 0 Å². The van der Waals surface area contributed by atoms with Gasteiger partial charge in [-0.15, -0.1) is 10.2 Å². The van der Waals surface area contributed by atoms with Crippen LogP contribution < -0.4 is 5.32 Å². The Bertz CT molecular complexity index is 607. The van der Waals surface area contributed by atoms with Crippen LogP contribution in [-0.4, -0.2) is 41.2 Å². The number of likely N-dealkylation sites (N-methyl/N-ethyl adjacent to an activating group) is 1. The highest BCUT2D eigenvalue weighted by atomic mass is 32.1. The van der Waals surface area contributed by atoms with Crippen molar-refractivity contribution in [2.24, 2.45) is 0 Å². The van der Waals surface area contributed by atoms with Gasteiger partial charge < -0.3 is 9.15 Å². The van der Waals surface area contributed by atoms with E-state index in [1.807, 2.05) is 18.0 Å². The molecule has 0 radical (unpaired) electrons. The van der Waals surface area contributed by atoms with Crippen molar-refractivity contribution in [1.29, 1.82) is 0 Å². The van der Waals surface area contributed by atoms with E-state index in [4.69, 9.17) is 9.15 Å². The molecule has 2 aromatic rings. The molecule has 0 bridgehead atoms. The van der Waals surface area contributed by atoms with Crippen molar-refractivity contribution in [2.75, 3.05) is 25.5 Å². The van der Waals surface area contributed by atoms with Gasteiger partial charge in [-0.1, -0.05) is 11.3 Å². The fourth-order valence-electron chi connectivity index (χ4n) is 2.34. The predicted octanol–water partition coefficient (Wildman–Crippen LogP) is 2.05. The third-order valence-electron chi connectivity index (χ3n) is 3.34. The Kier molecular flexibility index (Phi) is 4.81. The molecule has 3 heterocycles. The van der Waals surface area contributed by atoms with Crippen molar-refractivity contribution >= 4 is 22.4 Å². The second-order valence-corrected chi connectivity index (χ2v) is 6.31. The Morgan fingerprint density at radius 3 is 3.18 bits per heavy atom. The molecule has 0 spiro atoms. The normalized spacial score (nSPS) is 18.0. The number of hydrogen-bond donors (Lipinski definition) is 1. The molecule has 118 valence electrons. The van der Waals surface area contributed by atoms with E-state index in [-0.39, 0.29) is 18.6 Å². The van der Waals surface area contributed by atoms with E-state index in [1.165, 1.54) is 11.3 Å². The average molecular weight is 322 g/mol. The first-order valence-corrected chi connectivity index (χ1v) is 7.97. The highest BCUT2D eigenvalue weighted by molar-refractivity contribution is 7.15. The fraction of sp³-hybridized carbons (Fsp3) is 0.500. The van der Waals surface area contributed by atoms with E-state index in [0.717, 1.165) is 30.0 Å². The van der Waals surface area contributed by atoms with Crippen LogP contribution in [0.3, 0.4) is 0 Å². The second kappa shape index (κ2) is 6.99. The number of amides is 1. The highest BCUT2D eigenvalue weighted by Gasteiger charge is 2.22. The van der Waals surface area contributed by atoms with Gasteiger partial charge in [0.05, 0.1) is 19.1 Å². The van der Waals surface area contributed by atoms with Gasteiger partial charge in [-0.25, -0.2) is 0 Å². The van der Waals surface area contributed by atoms with Gasteiger partial charge in [0, 0.05) is 18.7 Å². The summed E-state index contributed by atoms with van der Waals surface area (Å²) in [5, 5.41) is 12.2. The lowest BCUT2D eigenvalue weighted by atomic mass is 10.2. The topological polar surface area (TPSA) is 80.5 Å². The van der Waals surface area contributed by atoms with Crippen LogP contribution in [-0.2, 0) is 16.1 Å². The van der Waals surface area contributed by atoms with E-state index < -0.39 is 0 Å². The zero-order valence-corrected chi connectivity index (χ0v) is 13.1. The lowest BCUT2D eigenvalue weighted by Crippen LogP contribution is -2.29. The molecule has 1 saturated heterocycles. The van der Waals surface area contributed by atoms with Crippen LogP contribution in [0.15, 0.2) is 23.0 Å². The van der Waals surface area contributed by atoms with Gasteiger partial charge in [0.15, 0.2) is 0 Å². The number of rotatable bonds is 6. The van der Waals surface area contributed by atoms with Crippen LogP contribution in [0.2, 0.25) is 0 Å². The molecular formula is C14H18N4O3S. The summed E-state index contributed by atoms with van der Waals surface area (Å²) in [6.45, 7) is 1.70. The molecule has 1 unspecified atom stereocenters. The summed E-state index contributed by atoms with van der Waals surface area (Å²) >= 11 is 1.38. The molecule has 22 heavy (non-hydrogen) atoms. The Labute approximate surface area is 132 Å². The maximum absolute atomic E-state index is 12.0. The van der Waals surface area contributed by atoms with Gasteiger partial charge in [-0.05, 0) is 26.0 Å². The molecule has 1 atom stereocenters. The van der Waals surface area contributed by atoms with Crippen molar-refractivity contribution in [1.82, 2.24) is 15.1 Å². The first kappa shape index (κ1) is 15.1. The molecule has 1 fully saturated rings. The fourth-order valence-corrected chi connectivity index (χ4v) is 3.19. The smallest absolute Gasteiger partial charge is 0.240 e. The summed E-state index contributed by atoms with van der Waals surface area (Å²) in [4.78, 5) is 13.9. The molecule has 7 nitrogen and oxygen atoms in total. The average Bonchev–Trinajstić information content (AvgIpc) is 3.19. The Balaban J connectivity index is 1.48. The van der Waals surface area contributed by atoms with Crippen molar-refractivity contribution < 1.29 is 13.9 Å². The van der Waals surface area contributed by atoms with Crippen LogP contribution in [0.4, 0.5) is 5.13 Å². The minimum atomic E-state index is -0.110. The maximum Gasteiger partial charge on any atom is 0.240 e. The SMILES string of the molecule is CN(CC(=O)Nc1nnc(C2CCCO2)s1)Cc1ccoc1. The summed E-state index contributed by atoms with van der Waals surface area (Å²) in [5.74, 6) is -0.110. The highest BCUT2D eigenvalue weighted by Crippen LogP contribution is 2.31. The maximum atomic E-state index is 12.0. The van der Waals surface area contributed by atoms with Crippen LogP contribution in [0.1, 0.15) is 29.5 Å². The van der Waals surface area contributed by atoms with Crippen LogP contribution in [0.25, 0.3) is 0 Å². The lowest BCUT2D eigenvalue weighted by molar-refractivity contribution is -0.117. The van der Waals surface area contributed by atoms with Crippen LogP contribution >= 0.6 is 11.3 Å². The van der Waals surface area contributed by atoms with E-state index in [2.05, 4.69) is 15.5 Å².